The van der Waals surface area contributed by atoms with E-state index in [0.717, 1.165) is 18.7 Å². The van der Waals surface area contributed by atoms with Gasteiger partial charge in [-0.3, -0.25) is 9.78 Å². The van der Waals surface area contributed by atoms with Gasteiger partial charge < -0.3 is 10.6 Å². The van der Waals surface area contributed by atoms with E-state index in [4.69, 9.17) is 0 Å². The molecule has 0 aliphatic carbocycles. The lowest BCUT2D eigenvalue weighted by atomic mass is 10.3. The molecule has 0 spiro atoms. The molecular formula is C10H15N3O. The zero-order chi connectivity index (χ0) is 10.2. The van der Waals surface area contributed by atoms with Crippen LogP contribution in [0.4, 0.5) is 5.69 Å². The maximum atomic E-state index is 10.5. The fraction of sp³-hybridized carbons (Fsp3) is 0.400. The van der Waals surface area contributed by atoms with Gasteiger partial charge in [0.15, 0.2) is 0 Å². The van der Waals surface area contributed by atoms with Crippen LogP contribution in [0.3, 0.4) is 0 Å². The fourth-order valence-corrected chi connectivity index (χ4v) is 1.06. The predicted octanol–water partition coefficient (Wildman–Crippen LogP) is 1.02. The van der Waals surface area contributed by atoms with Gasteiger partial charge in [0.1, 0.15) is 0 Å². The molecule has 4 heteroatoms. The monoisotopic (exact) mass is 193 g/mol. The van der Waals surface area contributed by atoms with E-state index in [9.17, 15) is 4.79 Å². The highest BCUT2D eigenvalue weighted by molar-refractivity contribution is 5.72. The van der Waals surface area contributed by atoms with Crippen LogP contribution in [0.1, 0.15) is 13.3 Å². The first kappa shape index (κ1) is 10.5. The van der Waals surface area contributed by atoms with Gasteiger partial charge in [-0.15, -0.1) is 0 Å². The summed E-state index contributed by atoms with van der Waals surface area (Å²) in [5, 5.41) is 5.97. The van der Waals surface area contributed by atoms with E-state index in [0.29, 0.717) is 6.54 Å². The van der Waals surface area contributed by atoms with Crippen LogP contribution in [0.5, 0.6) is 0 Å². The average Bonchev–Trinajstić information content (AvgIpc) is 2.18. The number of nitrogens with zero attached hydrogens (tertiary/aromatic N) is 1. The van der Waals surface area contributed by atoms with Crippen LogP contribution < -0.4 is 10.6 Å². The highest BCUT2D eigenvalue weighted by Crippen LogP contribution is 2.02. The van der Waals surface area contributed by atoms with E-state index in [-0.39, 0.29) is 5.91 Å². The molecule has 0 radical (unpaired) electrons. The van der Waals surface area contributed by atoms with Gasteiger partial charge in [0.2, 0.25) is 5.91 Å². The maximum absolute atomic E-state index is 10.5. The number of aromatic nitrogens is 1. The first-order valence-corrected chi connectivity index (χ1v) is 4.67. The Kier molecular flexibility index (Phi) is 4.47. The van der Waals surface area contributed by atoms with E-state index >= 15 is 0 Å². The van der Waals surface area contributed by atoms with Gasteiger partial charge in [0, 0.05) is 38.1 Å². The third kappa shape index (κ3) is 4.45. The number of anilines is 1. The average molecular weight is 193 g/mol. The molecule has 0 aliphatic rings. The molecule has 0 saturated carbocycles. The maximum Gasteiger partial charge on any atom is 0.216 e. The number of carbonyl (C=O) groups is 1. The third-order valence-electron chi connectivity index (χ3n) is 1.74. The van der Waals surface area contributed by atoms with Gasteiger partial charge in [-0.2, -0.15) is 0 Å². The normalized spacial score (nSPS) is 9.50. The minimum atomic E-state index is 0.0221. The lowest BCUT2D eigenvalue weighted by molar-refractivity contribution is -0.118. The van der Waals surface area contributed by atoms with Crippen molar-refractivity contribution < 1.29 is 4.79 Å². The molecule has 0 saturated heterocycles. The first-order chi connectivity index (χ1) is 6.79. The molecule has 76 valence electrons. The van der Waals surface area contributed by atoms with Gasteiger partial charge in [-0.25, -0.2) is 0 Å². The summed E-state index contributed by atoms with van der Waals surface area (Å²) in [6, 6.07) is 3.83. The summed E-state index contributed by atoms with van der Waals surface area (Å²) >= 11 is 0. The van der Waals surface area contributed by atoms with Crippen molar-refractivity contribution in [2.45, 2.75) is 13.3 Å². The van der Waals surface area contributed by atoms with Gasteiger partial charge in [0.05, 0.1) is 0 Å². The number of hydrogen-bond donors (Lipinski definition) is 2. The highest BCUT2D eigenvalue weighted by Gasteiger charge is 1.91. The Labute approximate surface area is 83.7 Å². The van der Waals surface area contributed by atoms with Crippen molar-refractivity contribution in [1.82, 2.24) is 10.3 Å². The molecule has 0 bridgehead atoms. The second-order valence-electron chi connectivity index (χ2n) is 3.00. The predicted molar refractivity (Wildman–Crippen MR) is 56.0 cm³/mol. The molecule has 1 aromatic heterocycles. The van der Waals surface area contributed by atoms with Crippen LogP contribution in [-0.2, 0) is 4.79 Å². The van der Waals surface area contributed by atoms with E-state index < -0.39 is 0 Å². The molecule has 2 N–H and O–H groups in total. The summed E-state index contributed by atoms with van der Waals surface area (Å²) < 4.78 is 0. The topological polar surface area (TPSA) is 54.0 Å². The third-order valence-corrected chi connectivity index (χ3v) is 1.74. The zero-order valence-corrected chi connectivity index (χ0v) is 8.29. The van der Waals surface area contributed by atoms with Crippen molar-refractivity contribution in [3.63, 3.8) is 0 Å². The highest BCUT2D eigenvalue weighted by atomic mass is 16.1. The molecular weight excluding hydrogens is 178 g/mol. The molecule has 1 heterocycles. The van der Waals surface area contributed by atoms with Gasteiger partial charge in [-0.1, -0.05) is 0 Å². The molecule has 0 aliphatic heterocycles. The molecule has 0 atom stereocenters. The molecule has 1 rings (SSSR count). The van der Waals surface area contributed by atoms with Gasteiger partial charge in [0.25, 0.3) is 0 Å². The second-order valence-corrected chi connectivity index (χ2v) is 3.00. The molecule has 1 amide bonds. The largest absolute Gasteiger partial charge is 0.385 e. The molecule has 0 fully saturated rings. The summed E-state index contributed by atoms with van der Waals surface area (Å²) in [4.78, 5) is 14.5. The van der Waals surface area contributed by atoms with Crippen LogP contribution in [0, 0.1) is 0 Å². The van der Waals surface area contributed by atoms with E-state index in [2.05, 4.69) is 15.6 Å². The van der Waals surface area contributed by atoms with Crippen LogP contribution >= 0.6 is 0 Å². The van der Waals surface area contributed by atoms with Crippen molar-refractivity contribution in [3.05, 3.63) is 24.5 Å². The molecule has 4 nitrogen and oxygen atoms in total. The summed E-state index contributed by atoms with van der Waals surface area (Å²) in [7, 11) is 0. The number of rotatable bonds is 5. The molecule has 0 aromatic carbocycles. The summed E-state index contributed by atoms with van der Waals surface area (Å²) in [6.07, 6.45) is 4.41. The van der Waals surface area contributed by atoms with Crippen LogP contribution in [0.25, 0.3) is 0 Å². The fourth-order valence-electron chi connectivity index (χ4n) is 1.06. The number of amides is 1. The quantitative estimate of drug-likeness (QED) is 0.686. The Morgan fingerprint density at radius 2 is 2.07 bits per heavy atom. The van der Waals surface area contributed by atoms with Gasteiger partial charge in [-0.05, 0) is 18.6 Å². The summed E-state index contributed by atoms with van der Waals surface area (Å²) in [5.41, 5.74) is 1.06. The van der Waals surface area contributed by atoms with Crippen LogP contribution in [-0.4, -0.2) is 24.0 Å². The Bertz CT molecular complexity index is 274. The smallest absolute Gasteiger partial charge is 0.216 e. The minimum absolute atomic E-state index is 0.0221. The number of carbonyl (C=O) groups excluding carboxylic acids is 1. The second kappa shape index (κ2) is 5.96. The van der Waals surface area contributed by atoms with E-state index in [1.807, 2.05) is 12.1 Å². The summed E-state index contributed by atoms with van der Waals surface area (Å²) in [5.74, 6) is 0.0221. The van der Waals surface area contributed by atoms with Crippen molar-refractivity contribution >= 4 is 11.6 Å². The Hall–Kier alpha value is -1.58. The van der Waals surface area contributed by atoms with Crippen LogP contribution in [0.2, 0.25) is 0 Å². The number of hydrogen-bond acceptors (Lipinski definition) is 3. The van der Waals surface area contributed by atoms with E-state index in [1.54, 1.807) is 12.4 Å². The lowest BCUT2D eigenvalue weighted by Crippen LogP contribution is -2.22. The van der Waals surface area contributed by atoms with Crippen molar-refractivity contribution in [2.24, 2.45) is 0 Å². The minimum Gasteiger partial charge on any atom is -0.385 e. The zero-order valence-electron chi connectivity index (χ0n) is 8.29. The molecule has 1 aromatic rings. The number of nitrogens with one attached hydrogen (secondary N) is 2. The van der Waals surface area contributed by atoms with Gasteiger partial charge >= 0.3 is 0 Å². The van der Waals surface area contributed by atoms with Crippen molar-refractivity contribution in [2.75, 3.05) is 18.4 Å². The van der Waals surface area contributed by atoms with Crippen molar-refractivity contribution in [3.8, 4) is 0 Å². The standard InChI is InChI=1S/C10H15N3O/c1-9(14)12-5-2-6-13-10-3-7-11-8-4-10/h3-4,7-8H,2,5-6H2,1H3,(H,11,13)(H,12,14). The SMILES string of the molecule is CC(=O)NCCCNc1ccncc1. The first-order valence-electron chi connectivity index (χ1n) is 4.67. The molecule has 14 heavy (non-hydrogen) atoms. The summed E-state index contributed by atoms with van der Waals surface area (Å²) in [6.45, 7) is 3.09. The lowest BCUT2D eigenvalue weighted by Gasteiger charge is -2.05. The van der Waals surface area contributed by atoms with Crippen LogP contribution in [0.15, 0.2) is 24.5 Å². The Balaban J connectivity index is 2.08. The Morgan fingerprint density at radius 3 is 2.71 bits per heavy atom. The number of pyridine rings is 1. The van der Waals surface area contributed by atoms with Crippen molar-refractivity contribution in [1.29, 1.82) is 0 Å². The molecule has 0 unspecified atom stereocenters. The Morgan fingerprint density at radius 1 is 1.36 bits per heavy atom. The van der Waals surface area contributed by atoms with E-state index in [1.165, 1.54) is 6.92 Å².